The van der Waals surface area contributed by atoms with Crippen molar-refractivity contribution in [1.82, 2.24) is 9.88 Å². The Morgan fingerprint density at radius 2 is 2.11 bits per heavy atom. The second kappa shape index (κ2) is 5.48. The summed E-state index contributed by atoms with van der Waals surface area (Å²) < 4.78 is 24.5. The second-order valence-corrected chi connectivity index (χ2v) is 4.49. The molecule has 0 atom stereocenters. The smallest absolute Gasteiger partial charge is 0.272 e. The number of rotatable bonds is 3. The number of benzene rings is 1. The van der Waals surface area contributed by atoms with Crippen LogP contribution in [0.1, 0.15) is 10.5 Å². The molecular weight excluding hydrogens is 274 g/mol. The minimum atomic E-state index is -2.58. The zero-order valence-corrected chi connectivity index (χ0v) is 10.9. The first-order valence-corrected chi connectivity index (χ1v) is 5.95. The summed E-state index contributed by atoms with van der Waals surface area (Å²) in [6.07, 6.45) is -2.58. The third-order valence-electron chi connectivity index (χ3n) is 2.64. The van der Waals surface area contributed by atoms with Gasteiger partial charge in [0.15, 0.2) is 0 Å². The first-order chi connectivity index (χ1) is 8.99. The van der Waals surface area contributed by atoms with Crippen molar-refractivity contribution in [3.63, 3.8) is 0 Å². The maximum absolute atomic E-state index is 12.3. The molecule has 100 valence electrons. The third-order valence-corrected chi connectivity index (χ3v) is 2.96. The van der Waals surface area contributed by atoms with E-state index in [1.165, 1.54) is 13.1 Å². The van der Waals surface area contributed by atoms with Crippen LogP contribution in [0, 0.1) is 0 Å². The van der Waals surface area contributed by atoms with Crippen molar-refractivity contribution in [1.29, 1.82) is 0 Å². The van der Waals surface area contributed by atoms with Crippen LogP contribution in [-0.2, 0) is 0 Å². The molecule has 0 N–H and O–H groups in total. The number of carbonyl (C=O) groups excluding carboxylic acids is 1. The van der Waals surface area contributed by atoms with Crippen LogP contribution in [0.5, 0.6) is 0 Å². The summed E-state index contributed by atoms with van der Waals surface area (Å²) >= 11 is 6.06. The SMILES string of the molecule is CN(CC(F)F)C(=O)c1cc(Cl)c2ccccc2n1. The Kier molecular flexibility index (Phi) is 3.95. The molecule has 2 rings (SSSR count). The number of pyridine rings is 1. The molecule has 0 radical (unpaired) electrons. The van der Waals surface area contributed by atoms with E-state index >= 15 is 0 Å². The van der Waals surface area contributed by atoms with Crippen LogP contribution in [-0.4, -0.2) is 35.8 Å². The summed E-state index contributed by atoms with van der Waals surface area (Å²) in [6.45, 7) is -0.634. The average molecular weight is 285 g/mol. The monoisotopic (exact) mass is 284 g/mol. The Hall–Kier alpha value is -1.75. The van der Waals surface area contributed by atoms with Gasteiger partial charge in [-0.2, -0.15) is 0 Å². The quantitative estimate of drug-likeness (QED) is 0.867. The summed E-state index contributed by atoms with van der Waals surface area (Å²) in [7, 11) is 1.30. The maximum Gasteiger partial charge on any atom is 0.272 e. The number of amides is 1. The molecule has 0 bridgehead atoms. The van der Waals surface area contributed by atoms with Crippen LogP contribution in [0.3, 0.4) is 0 Å². The predicted octanol–water partition coefficient (Wildman–Crippen LogP) is 3.23. The molecule has 3 nitrogen and oxygen atoms in total. The Bertz CT molecular complexity index is 619. The molecule has 1 amide bonds. The lowest BCUT2D eigenvalue weighted by atomic mass is 10.2. The van der Waals surface area contributed by atoms with Crippen LogP contribution in [0.2, 0.25) is 5.02 Å². The molecule has 0 spiro atoms. The Morgan fingerprint density at radius 3 is 2.79 bits per heavy atom. The minimum absolute atomic E-state index is 0.0619. The highest BCUT2D eigenvalue weighted by molar-refractivity contribution is 6.35. The zero-order valence-electron chi connectivity index (χ0n) is 10.1. The number of para-hydroxylation sites is 1. The number of hydrogen-bond acceptors (Lipinski definition) is 2. The molecule has 6 heteroatoms. The van der Waals surface area contributed by atoms with E-state index in [-0.39, 0.29) is 5.69 Å². The molecule has 0 aliphatic rings. The van der Waals surface area contributed by atoms with E-state index in [4.69, 9.17) is 11.6 Å². The maximum atomic E-state index is 12.3. The molecular formula is C13H11ClF2N2O. The van der Waals surface area contributed by atoms with Crippen LogP contribution >= 0.6 is 11.6 Å². The molecule has 19 heavy (non-hydrogen) atoms. The number of nitrogens with zero attached hydrogens (tertiary/aromatic N) is 2. The van der Waals surface area contributed by atoms with Gasteiger partial charge in [0.2, 0.25) is 0 Å². The predicted molar refractivity (Wildman–Crippen MR) is 69.7 cm³/mol. The molecule has 0 saturated carbocycles. The molecule has 0 aliphatic carbocycles. The zero-order chi connectivity index (χ0) is 14.0. The first-order valence-electron chi connectivity index (χ1n) is 5.58. The largest absolute Gasteiger partial charge is 0.335 e. The lowest BCUT2D eigenvalue weighted by molar-refractivity contribution is 0.0615. The molecule has 0 saturated heterocycles. The van der Waals surface area contributed by atoms with E-state index < -0.39 is 18.9 Å². The van der Waals surface area contributed by atoms with E-state index in [9.17, 15) is 13.6 Å². The standard InChI is InChI=1S/C13H11ClF2N2O/c1-18(7-12(15)16)13(19)11-6-9(14)8-4-2-3-5-10(8)17-11/h2-6,12H,7H2,1H3. The topological polar surface area (TPSA) is 33.2 Å². The van der Waals surface area contributed by atoms with Gasteiger partial charge in [0.1, 0.15) is 5.69 Å². The van der Waals surface area contributed by atoms with E-state index in [1.54, 1.807) is 24.3 Å². The Balaban J connectivity index is 2.38. The lowest BCUT2D eigenvalue weighted by Crippen LogP contribution is -2.31. The summed E-state index contributed by atoms with van der Waals surface area (Å²) in [5, 5.41) is 1.09. The van der Waals surface area contributed by atoms with Crippen molar-refractivity contribution in [3.05, 3.63) is 41.0 Å². The third kappa shape index (κ3) is 2.98. The lowest BCUT2D eigenvalue weighted by Gasteiger charge is -2.16. The fourth-order valence-electron chi connectivity index (χ4n) is 1.73. The summed E-state index contributed by atoms with van der Waals surface area (Å²) in [4.78, 5) is 17.0. The van der Waals surface area contributed by atoms with Gasteiger partial charge < -0.3 is 4.90 Å². The highest BCUT2D eigenvalue weighted by Gasteiger charge is 2.18. The van der Waals surface area contributed by atoms with Gasteiger partial charge in [-0.3, -0.25) is 4.79 Å². The van der Waals surface area contributed by atoms with Crippen molar-refractivity contribution in [2.75, 3.05) is 13.6 Å². The number of halogens is 3. The Labute approximate surface area is 113 Å². The van der Waals surface area contributed by atoms with Gasteiger partial charge in [0.25, 0.3) is 12.3 Å². The molecule has 1 aromatic carbocycles. The van der Waals surface area contributed by atoms with Gasteiger partial charge in [-0.15, -0.1) is 0 Å². The van der Waals surface area contributed by atoms with Gasteiger partial charge in [0.05, 0.1) is 17.1 Å². The van der Waals surface area contributed by atoms with Gasteiger partial charge in [-0.05, 0) is 12.1 Å². The normalized spacial score (nSPS) is 11.0. The van der Waals surface area contributed by atoms with Crippen molar-refractivity contribution >= 4 is 28.4 Å². The fourth-order valence-corrected chi connectivity index (χ4v) is 1.99. The highest BCUT2D eigenvalue weighted by Crippen LogP contribution is 2.23. The number of hydrogen-bond donors (Lipinski definition) is 0. The van der Waals surface area contributed by atoms with Crippen molar-refractivity contribution in [2.24, 2.45) is 0 Å². The second-order valence-electron chi connectivity index (χ2n) is 4.08. The van der Waals surface area contributed by atoms with Crippen molar-refractivity contribution in [3.8, 4) is 0 Å². The minimum Gasteiger partial charge on any atom is -0.335 e. The molecule has 0 aliphatic heterocycles. The molecule has 0 fully saturated rings. The van der Waals surface area contributed by atoms with E-state index in [0.29, 0.717) is 10.5 Å². The van der Waals surface area contributed by atoms with Crippen molar-refractivity contribution in [2.45, 2.75) is 6.43 Å². The number of aromatic nitrogens is 1. The number of alkyl halides is 2. The van der Waals surface area contributed by atoms with Gasteiger partial charge in [0, 0.05) is 12.4 Å². The van der Waals surface area contributed by atoms with Crippen LogP contribution in [0.15, 0.2) is 30.3 Å². The van der Waals surface area contributed by atoms with Crippen LogP contribution < -0.4 is 0 Å². The highest BCUT2D eigenvalue weighted by atomic mass is 35.5. The molecule has 1 heterocycles. The van der Waals surface area contributed by atoms with Crippen molar-refractivity contribution < 1.29 is 13.6 Å². The van der Waals surface area contributed by atoms with E-state index in [2.05, 4.69) is 4.98 Å². The van der Waals surface area contributed by atoms with Crippen LogP contribution in [0.4, 0.5) is 8.78 Å². The number of carbonyl (C=O) groups is 1. The Morgan fingerprint density at radius 1 is 1.42 bits per heavy atom. The molecule has 2 aromatic rings. The van der Waals surface area contributed by atoms with Crippen LogP contribution in [0.25, 0.3) is 10.9 Å². The van der Waals surface area contributed by atoms with Gasteiger partial charge in [-0.25, -0.2) is 13.8 Å². The average Bonchev–Trinajstić information content (AvgIpc) is 2.37. The molecule has 0 unspecified atom stereocenters. The van der Waals surface area contributed by atoms with E-state index in [0.717, 1.165) is 10.3 Å². The summed E-state index contributed by atoms with van der Waals surface area (Å²) in [6, 6.07) is 8.46. The first kappa shape index (κ1) is 13.7. The summed E-state index contributed by atoms with van der Waals surface area (Å²) in [5.74, 6) is -0.576. The molecule has 1 aromatic heterocycles. The van der Waals surface area contributed by atoms with E-state index in [1.807, 2.05) is 0 Å². The number of fused-ring (bicyclic) bond motifs is 1. The van der Waals surface area contributed by atoms with Gasteiger partial charge in [-0.1, -0.05) is 29.8 Å². The van der Waals surface area contributed by atoms with Gasteiger partial charge >= 0.3 is 0 Å². The fraction of sp³-hybridized carbons (Fsp3) is 0.231. The summed E-state index contributed by atoms with van der Waals surface area (Å²) in [5.41, 5.74) is 0.621.